The number of aromatic nitrogens is 1. The molecule has 4 rings (SSSR count). The average Bonchev–Trinajstić information content (AvgIpc) is 3.07. The van der Waals surface area contributed by atoms with Crippen LogP contribution < -0.4 is 26.5 Å². The summed E-state index contributed by atoms with van der Waals surface area (Å²) in [6.07, 6.45) is 7.91. The van der Waals surface area contributed by atoms with Crippen LogP contribution in [-0.2, 0) is 20.7 Å². The zero-order chi connectivity index (χ0) is 26.8. The monoisotopic (exact) mass is 522 g/mol. The first-order valence-corrected chi connectivity index (χ1v) is 13.6. The summed E-state index contributed by atoms with van der Waals surface area (Å²) in [6.45, 7) is 8.39. The van der Waals surface area contributed by atoms with Gasteiger partial charge in [0.15, 0.2) is 0 Å². The van der Waals surface area contributed by atoms with Crippen LogP contribution >= 0.6 is 11.3 Å². The number of thiophene rings is 1. The van der Waals surface area contributed by atoms with Gasteiger partial charge in [0.25, 0.3) is 0 Å². The molecule has 0 saturated heterocycles. The number of fused-ring (bicyclic) bond motifs is 2. The molecule has 3 aromatic rings. The number of allylic oxidation sites excluding steroid dienone is 2. The Kier molecular flexibility index (Phi) is 10.5. The number of ether oxygens (including phenoxy) is 2. The van der Waals surface area contributed by atoms with Crippen molar-refractivity contribution in [1.82, 2.24) is 4.98 Å². The fourth-order valence-corrected chi connectivity index (χ4v) is 4.95. The molecule has 8 heteroatoms. The number of nitrogen functional groups attached to an aromatic ring is 1. The summed E-state index contributed by atoms with van der Waals surface area (Å²) >= 11 is 1.46. The third kappa shape index (κ3) is 7.33. The third-order valence-corrected chi connectivity index (χ3v) is 7.02. The van der Waals surface area contributed by atoms with Crippen molar-refractivity contribution >= 4 is 56.7 Å². The van der Waals surface area contributed by atoms with Gasteiger partial charge in [-0.3, -0.25) is 4.79 Å². The average molecular weight is 523 g/mol. The van der Waals surface area contributed by atoms with Crippen LogP contribution in [0.3, 0.4) is 0 Å². The molecule has 3 N–H and O–H groups in total. The van der Waals surface area contributed by atoms with Crippen molar-refractivity contribution in [3.8, 4) is 0 Å². The van der Waals surface area contributed by atoms with Crippen molar-refractivity contribution in [3.05, 3.63) is 57.6 Å². The van der Waals surface area contributed by atoms with Gasteiger partial charge in [-0.15, -0.1) is 11.3 Å². The molecule has 0 atom stereocenters. The van der Waals surface area contributed by atoms with E-state index >= 15 is 0 Å². The first-order valence-electron chi connectivity index (χ1n) is 12.8. The summed E-state index contributed by atoms with van der Waals surface area (Å²) < 4.78 is 10.9. The third-order valence-electron chi connectivity index (χ3n) is 5.90. The second-order valence-electron chi connectivity index (χ2n) is 8.47. The van der Waals surface area contributed by atoms with Crippen LogP contribution in [0.2, 0.25) is 0 Å². The quantitative estimate of drug-likeness (QED) is 0.383. The number of carbonyl (C=O) groups excluding carboxylic acids is 1. The van der Waals surface area contributed by atoms with Gasteiger partial charge < -0.3 is 25.4 Å². The van der Waals surface area contributed by atoms with Crippen LogP contribution in [-0.4, -0.2) is 44.8 Å². The molecule has 1 aliphatic carbocycles. The van der Waals surface area contributed by atoms with Crippen molar-refractivity contribution < 1.29 is 14.3 Å². The molecule has 7 nitrogen and oxygen atoms in total. The molecular formula is C29H38N4O3S. The highest BCUT2D eigenvalue weighted by Gasteiger charge is 2.15. The maximum atomic E-state index is 12.8. The summed E-state index contributed by atoms with van der Waals surface area (Å²) in [7, 11) is 3.70. The minimum Gasteiger partial charge on any atom is -0.501 e. The predicted octanol–water partition coefficient (Wildman–Crippen LogP) is 4.44. The van der Waals surface area contributed by atoms with E-state index in [9.17, 15) is 4.79 Å². The molecule has 0 unspecified atom stereocenters. The van der Waals surface area contributed by atoms with Gasteiger partial charge in [0.2, 0.25) is 5.91 Å². The van der Waals surface area contributed by atoms with E-state index in [2.05, 4.69) is 29.3 Å². The molecule has 2 aromatic heterocycles. The van der Waals surface area contributed by atoms with Crippen LogP contribution in [0.5, 0.6) is 0 Å². The number of rotatable bonds is 10. The lowest BCUT2D eigenvalue weighted by Gasteiger charge is -2.19. The molecule has 2 heterocycles. The molecular weight excluding hydrogens is 484 g/mol. The van der Waals surface area contributed by atoms with Crippen molar-refractivity contribution in [3.63, 3.8) is 0 Å². The number of amides is 1. The Bertz CT molecular complexity index is 1350. The molecule has 1 aromatic carbocycles. The van der Waals surface area contributed by atoms with Gasteiger partial charge >= 0.3 is 0 Å². The largest absolute Gasteiger partial charge is 0.501 e. The molecule has 0 spiro atoms. The normalized spacial score (nSPS) is 12.2. The second kappa shape index (κ2) is 13.8. The first-order chi connectivity index (χ1) is 18.0. The van der Waals surface area contributed by atoms with Crippen molar-refractivity contribution in [2.75, 3.05) is 49.9 Å². The van der Waals surface area contributed by atoms with Crippen LogP contribution in [0.4, 0.5) is 17.1 Å². The maximum Gasteiger partial charge on any atom is 0.229 e. The Hall–Kier alpha value is -3.36. The van der Waals surface area contributed by atoms with Gasteiger partial charge in [0, 0.05) is 48.3 Å². The van der Waals surface area contributed by atoms with Crippen molar-refractivity contribution in [2.24, 2.45) is 0 Å². The van der Waals surface area contributed by atoms with E-state index in [1.165, 1.54) is 11.3 Å². The Balaban J connectivity index is 0.00000186. The smallest absolute Gasteiger partial charge is 0.229 e. The summed E-state index contributed by atoms with van der Waals surface area (Å²) in [5, 5.41) is 5.76. The predicted molar refractivity (Wildman–Crippen MR) is 156 cm³/mol. The Labute approximate surface area is 223 Å². The Morgan fingerprint density at radius 1 is 1.19 bits per heavy atom. The van der Waals surface area contributed by atoms with Crippen LogP contribution in [0.1, 0.15) is 38.5 Å². The zero-order valence-electron chi connectivity index (χ0n) is 22.5. The van der Waals surface area contributed by atoms with E-state index in [1.54, 1.807) is 7.11 Å². The maximum absolute atomic E-state index is 12.8. The minimum atomic E-state index is -0.107. The first kappa shape index (κ1) is 28.2. The highest BCUT2D eigenvalue weighted by atomic mass is 32.1. The molecule has 0 bridgehead atoms. The number of nitrogens with one attached hydrogen (secondary N) is 1. The SMILES string of the molecule is CC.CCCOCCN(C)c1ccc(NC(=O)Cc2sc3nc4c(cc3c2N)=CCC(OC)=CC=4)cc1. The van der Waals surface area contributed by atoms with Crippen LogP contribution in [0.25, 0.3) is 22.4 Å². The lowest BCUT2D eigenvalue weighted by Crippen LogP contribution is -2.27. The topological polar surface area (TPSA) is 89.7 Å². The molecule has 1 aliphatic rings. The van der Waals surface area contributed by atoms with Crippen LogP contribution in [0.15, 0.2) is 42.2 Å². The van der Waals surface area contributed by atoms with E-state index in [-0.39, 0.29) is 12.3 Å². The molecule has 198 valence electrons. The molecule has 37 heavy (non-hydrogen) atoms. The Morgan fingerprint density at radius 2 is 1.95 bits per heavy atom. The number of likely N-dealkylation sites (N-methyl/N-ethyl adjacent to an activating group) is 1. The van der Waals surface area contributed by atoms with Gasteiger partial charge in [-0.25, -0.2) is 4.98 Å². The number of hydrogen-bond acceptors (Lipinski definition) is 7. The highest BCUT2D eigenvalue weighted by molar-refractivity contribution is 7.19. The Morgan fingerprint density at radius 3 is 2.65 bits per heavy atom. The number of pyridine rings is 1. The lowest BCUT2D eigenvalue weighted by atomic mass is 10.2. The summed E-state index contributed by atoms with van der Waals surface area (Å²) in [6, 6.07) is 9.87. The molecule has 0 radical (unpaired) electrons. The van der Waals surface area contributed by atoms with Crippen molar-refractivity contribution in [2.45, 2.75) is 40.0 Å². The highest BCUT2D eigenvalue weighted by Crippen LogP contribution is 2.31. The number of carbonyl (C=O) groups is 1. The molecule has 0 aliphatic heterocycles. The number of methoxy groups -OCH3 is 1. The second-order valence-corrected chi connectivity index (χ2v) is 9.56. The number of anilines is 3. The zero-order valence-corrected chi connectivity index (χ0v) is 23.3. The van der Waals surface area contributed by atoms with Crippen LogP contribution in [0, 0.1) is 0 Å². The summed E-state index contributed by atoms with van der Waals surface area (Å²) in [5.74, 6) is 0.780. The van der Waals surface area contributed by atoms with E-state index in [4.69, 9.17) is 20.2 Å². The van der Waals surface area contributed by atoms with Gasteiger partial charge in [-0.05, 0) is 54.1 Å². The molecule has 0 saturated carbocycles. The standard InChI is InChI=1S/C27H32N4O3S.C2H6/c1-4-14-34-15-13-31(2)20-8-6-19(7-9-20)29-25(32)17-24-26(28)22-16-18-5-10-21(33-3)11-12-23(18)30-27(22)35-24;1-2/h5-9,11-12,16H,4,10,13-15,17,28H2,1-3H3,(H,29,32);1-2H3. The minimum absolute atomic E-state index is 0.107. The number of nitrogens with two attached hydrogens (primary N) is 1. The summed E-state index contributed by atoms with van der Waals surface area (Å²) in [4.78, 5) is 21.3. The fourth-order valence-electron chi connectivity index (χ4n) is 3.88. The van der Waals surface area contributed by atoms with Crippen molar-refractivity contribution in [1.29, 1.82) is 0 Å². The number of benzene rings is 1. The van der Waals surface area contributed by atoms with Gasteiger partial charge in [-0.1, -0.05) is 26.8 Å². The van der Waals surface area contributed by atoms with Gasteiger partial charge in [0.1, 0.15) is 4.83 Å². The summed E-state index contributed by atoms with van der Waals surface area (Å²) in [5.41, 5.74) is 8.88. The van der Waals surface area contributed by atoms with E-state index in [0.717, 1.165) is 62.4 Å². The lowest BCUT2D eigenvalue weighted by molar-refractivity contribution is -0.115. The number of hydrogen-bond donors (Lipinski definition) is 2. The number of nitrogens with zero attached hydrogens (tertiary/aromatic N) is 2. The van der Waals surface area contributed by atoms with E-state index < -0.39 is 0 Å². The van der Waals surface area contributed by atoms with Gasteiger partial charge in [-0.2, -0.15) is 0 Å². The molecule has 1 amide bonds. The van der Waals surface area contributed by atoms with E-state index in [1.807, 2.05) is 57.3 Å². The molecule has 0 fully saturated rings. The van der Waals surface area contributed by atoms with Gasteiger partial charge in [0.05, 0.1) is 36.9 Å². The fraction of sp³-hybridized carbons (Fsp3) is 0.379. The van der Waals surface area contributed by atoms with E-state index in [0.29, 0.717) is 18.7 Å².